The van der Waals surface area contributed by atoms with Gasteiger partial charge in [0.2, 0.25) is 0 Å². The van der Waals surface area contributed by atoms with E-state index in [9.17, 15) is 0 Å². The van der Waals surface area contributed by atoms with Crippen molar-refractivity contribution in [2.75, 3.05) is 6.61 Å². The van der Waals surface area contributed by atoms with Gasteiger partial charge in [-0.3, -0.25) is 0 Å². The third kappa shape index (κ3) is 3.02. The molecule has 4 nitrogen and oxygen atoms in total. The molecule has 18 heavy (non-hydrogen) atoms. The molecule has 0 spiro atoms. The second kappa shape index (κ2) is 5.11. The van der Waals surface area contributed by atoms with Crippen molar-refractivity contribution in [3.05, 3.63) is 47.2 Å². The van der Waals surface area contributed by atoms with Crippen LogP contribution in [0.5, 0.6) is 0 Å². The first kappa shape index (κ1) is 12.5. The van der Waals surface area contributed by atoms with Gasteiger partial charge in [-0.15, -0.1) is 0 Å². The number of hydrogen-bond acceptors (Lipinski definition) is 3. The second-order valence-corrected chi connectivity index (χ2v) is 4.66. The van der Waals surface area contributed by atoms with Crippen LogP contribution in [0, 0.1) is 6.57 Å². The van der Waals surface area contributed by atoms with Crippen molar-refractivity contribution < 1.29 is 4.74 Å². The van der Waals surface area contributed by atoms with Gasteiger partial charge in [0.1, 0.15) is 0 Å². The van der Waals surface area contributed by atoms with Crippen LogP contribution < -0.4 is 0 Å². The summed E-state index contributed by atoms with van der Waals surface area (Å²) in [5.74, 6) is 0. The van der Waals surface area contributed by atoms with Gasteiger partial charge in [0.25, 0.3) is 0 Å². The van der Waals surface area contributed by atoms with Crippen molar-refractivity contribution in [3.8, 4) is 0 Å². The summed E-state index contributed by atoms with van der Waals surface area (Å²) in [4.78, 5) is 3.14. The molecule has 0 saturated heterocycles. The van der Waals surface area contributed by atoms with Crippen molar-refractivity contribution in [1.82, 2.24) is 10.2 Å². The van der Waals surface area contributed by atoms with Gasteiger partial charge in [0.15, 0.2) is 6.20 Å². The van der Waals surface area contributed by atoms with Gasteiger partial charge < -0.3 is 4.74 Å². The molecule has 2 rings (SSSR count). The van der Waals surface area contributed by atoms with Gasteiger partial charge in [0, 0.05) is 0 Å². The maximum Gasteiger partial charge on any atom is 0.156 e. The summed E-state index contributed by atoms with van der Waals surface area (Å²) in [5, 5.41) is 8.27. The normalized spacial score (nSPS) is 18.4. The van der Waals surface area contributed by atoms with E-state index in [-0.39, 0.29) is 5.60 Å². The smallest absolute Gasteiger partial charge is 0.156 e. The predicted molar refractivity (Wildman–Crippen MR) is 70.3 cm³/mol. The monoisotopic (exact) mass is 241 g/mol. The Hall–Kier alpha value is -1.99. The Balaban J connectivity index is 2.22. The van der Waals surface area contributed by atoms with Crippen molar-refractivity contribution in [2.45, 2.75) is 25.9 Å². The second-order valence-electron chi connectivity index (χ2n) is 4.66. The summed E-state index contributed by atoms with van der Waals surface area (Å²) in [6, 6.07) is 3.80. The molecule has 1 aliphatic rings. The van der Waals surface area contributed by atoms with Gasteiger partial charge in [-0.05, 0) is 50.1 Å². The molecule has 0 N–H and O–H groups in total. The van der Waals surface area contributed by atoms with E-state index < -0.39 is 0 Å². The van der Waals surface area contributed by atoms with Crippen molar-refractivity contribution in [3.63, 3.8) is 0 Å². The minimum atomic E-state index is -0.238. The number of aromatic nitrogens is 2. The fourth-order valence-electron chi connectivity index (χ4n) is 1.88. The summed E-state index contributed by atoms with van der Waals surface area (Å²) in [6.45, 7) is 11.4. The predicted octanol–water partition coefficient (Wildman–Crippen LogP) is 2.95. The molecule has 92 valence electrons. The summed E-state index contributed by atoms with van der Waals surface area (Å²) in [6.07, 6.45) is 5.97. The molecule has 0 amide bonds. The molecule has 2 heterocycles. The molecule has 4 heteroatoms. The zero-order valence-corrected chi connectivity index (χ0v) is 10.6. The topological polar surface area (TPSA) is 39.4 Å². The van der Waals surface area contributed by atoms with Gasteiger partial charge >= 0.3 is 0 Å². The van der Waals surface area contributed by atoms with E-state index in [1.54, 1.807) is 6.08 Å². The van der Waals surface area contributed by atoms with Crippen molar-refractivity contribution in [1.29, 1.82) is 0 Å². The first-order valence-electron chi connectivity index (χ1n) is 5.84. The first-order chi connectivity index (χ1) is 8.61. The molecule has 1 aromatic rings. The van der Waals surface area contributed by atoms with Crippen LogP contribution in [0.4, 0.5) is 0 Å². The Morgan fingerprint density at radius 1 is 1.39 bits per heavy atom. The van der Waals surface area contributed by atoms with Crippen LogP contribution in [0.25, 0.3) is 16.5 Å². The number of nitrogens with zero attached hydrogens (tertiary/aromatic N) is 3. The minimum Gasteiger partial charge on any atom is -0.371 e. The average Bonchev–Trinajstić information content (AvgIpc) is 2.36. The molecule has 1 aliphatic heterocycles. The summed E-state index contributed by atoms with van der Waals surface area (Å²) in [5.41, 5.74) is 2.50. The lowest BCUT2D eigenvalue weighted by Crippen LogP contribution is -2.26. The highest BCUT2D eigenvalue weighted by Crippen LogP contribution is 2.27. The number of rotatable bonds is 2. The Kier molecular flexibility index (Phi) is 3.54. The third-order valence-electron chi connectivity index (χ3n) is 2.70. The van der Waals surface area contributed by atoms with E-state index in [0.29, 0.717) is 12.3 Å². The van der Waals surface area contributed by atoms with E-state index in [2.05, 4.69) is 21.1 Å². The van der Waals surface area contributed by atoms with E-state index in [1.165, 1.54) is 11.8 Å². The van der Waals surface area contributed by atoms with Crippen LogP contribution in [0.15, 0.2) is 24.4 Å². The van der Waals surface area contributed by atoms with E-state index in [0.717, 1.165) is 12.1 Å². The fraction of sp³-hybridized carbons (Fsp3) is 0.357. The van der Waals surface area contributed by atoms with Gasteiger partial charge in [0.05, 0.1) is 30.2 Å². The van der Waals surface area contributed by atoms with Crippen molar-refractivity contribution >= 4 is 11.6 Å². The van der Waals surface area contributed by atoms with E-state index in [4.69, 9.17) is 11.3 Å². The minimum absolute atomic E-state index is 0.238. The molecule has 0 saturated carbocycles. The largest absolute Gasteiger partial charge is 0.371 e. The highest BCUT2D eigenvalue weighted by molar-refractivity contribution is 5.64. The standard InChI is InChI=1S/C14H15N3O/c1-14(2)10-11(7-9-18-14)13-5-4-12(16-17-13)6-8-15-3/h4-6,8,10H,7,9H2,1-2H3/b8-6+. The molecule has 0 aliphatic carbocycles. The Labute approximate surface area is 107 Å². The zero-order valence-electron chi connectivity index (χ0n) is 10.6. The third-order valence-corrected chi connectivity index (χ3v) is 2.70. The van der Waals surface area contributed by atoms with Crippen LogP contribution in [-0.2, 0) is 4.74 Å². The lowest BCUT2D eigenvalue weighted by atomic mass is 9.97. The fourth-order valence-corrected chi connectivity index (χ4v) is 1.88. The Morgan fingerprint density at radius 3 is 2.83 bits per heavy atom. The number of hydrogen-bond donors (Lipinski definition) is 0. The number of ether oxygens (including phenoxy) is 1. The highest BCUT2D eigenvalue weighted by Gasteiger charge is 2.22. The van der Waals surface area contributed by atoms with Crippen LogP contribution in [0.3, 0.4) is 0 Å². The maximum absolute atomic E-state index is 6.67. The lowest BCUT2D eigenvalue weighted by molar-refractivity contribution is 0.0164. The molecular formula is C14H15N3O. The Bertz CT molecular complexity index is 521. The van der Waals surface area contributed by atoms with Crippen LogP contribution in [0.2, 0.25) is 0 Å². The lowest BCUT2D eigenvalue weighted by Gasteiger charge is -2.27. The molecule has 0 atom stereocenters. The molecule has 0 bridgehead atoms. The van der Waals surface area contributed by atoms with Crippen LogP contribution >= 0.6 is 0 Å². The molecule has 0 radical (unpaired) electrons. The van der Waals surface area contributed by atoms with Crippen LogP contribution in [0.1, 0.15) is 31.7 Å². The quantitative estimate of drug-likeness (QED) is 0.747. The van der Waals surface area contributed by atoms with Gasteiger partial charge in [-0.1, -0.05) is 0 Å². The molecule has 1 aromatic heterocycles. The van der Waals surface area contributed by atoms with Crippen molar-refractivity contribution in [2.24, 2.45) is 0 Å². The van der Waals surface area contributed by atoms with E-state index >= 15 is 0 Å². The van der Waals surface area contributed by atoms with E-state index in [1.807, 2.05) is 26.0 Å². The van der Waals surface area contributed by atoms with Gasteiger partial charge in [-0.2, -0.15) is 10.2 Å². The average molecular weight is 241 g/mol. The SMILES string of the molecule is [C-]#[N+]/C=C/c1ccc(C2=CC(C)(C)OCC2)nn1. The van der Waals surface area contributed by atoms with Crippen LogP contribution in [-0.4, -0.2) is 22.4 Å². The molecule has 0 aromatic carbocycles. The highest BCUT2D eigenvalue weighted by atomic mass is 16.5. The maximum atomic E-state index is 6.67. The van der Waals surface area contributed by atoms with Gasteiger partial charge in [-0.25, -0.2) is 4.85 Å². The molecule has 0 fully saturated rings. The summed E-state index contributed by atoms with van der Waals surface area (Å²) < 4.78 is 5.62. The summed E-state index contributed by atoms with van der Waals surface area (Å²) >= 11 is 0. The molecular weight excluding hydrogens is 226 g/mol. The summed E-state index contributed by atoms with van der Waals surface area (Å²) in [7, 11) is 0. The Morgan fingerprint density at radius 2 is 2.22 bits per heavy atom. The first-order valence-corrected chi connectivity index (χ1v) is 5.84. The molecule has 0 unspecified atom stereocenters. The zero-order chi connectivity index (χ0) is 13.0.